The number of aryl methyl sites for hydroxylation is 2. The first kappa shape index (κ1) is 16.6. The van der Waals surface area contributed by atoms with Crippen LogP contribution in [0.4, 0.5) is 0 Å². The molecule has 2 aromatic rings. The van der Waals surface area contributed by atoms with Gasteiger partial charge in [-0.2, -0.15) is 5.26 Å². The zero-order valence-electron chi connectivity index (χ0n) is 13.6. The van der Waals surface area contributed by atoms with Gasteiger partial charge in [0, 0.05) is 6.54 Å². The van der Waals surface area contributed by atoms with Gasteiger partial charge in [0.2, 0.25) is 5.91 Å². The van der Waals surface area contributed by atoms with Crippen molar-refractivity contribution in [3.63, 3.8) is 0 Å². The van der Waals surface area contributed by atoms with Gasteiger partial charge in [-0.25, -0.2) is 0 Å². The van der Waals surface area contributed by atoms with Crippen LogP contribution in [0.15, 0.2) is 36.4 Å². The molecule has 0 aliphatic rings. The number of nitriles is 1. The molecule has 118 valence electrons. The molecule has 0 saturated carbocycles. The molecule has 0 radical (unpaired) electrons. The molecule has 0 unspecified atom stereocenters. The van der Waals surface area contributed by atoms with Crippen molar-refractivity contribution in [3.8, 4) is 17.6 Å². The van der Waals surface area contributed by atoms with Crippen LogP contribution in [0.3, 0.4) is 0 Å². The summed E-state index contributed by atoms with van der Waals surface area (Å²) in [6.07, 6.45) is -0.118. The average Bonchev–Trinajstić information content (AvgIpc) is 2.55. The molecule has 0 fully saturated rings. The molecule has 4 nitrogen and oxygen atoms in total. The Labute approximate surface area is 136 Å². The highest BCUT2D eigenvalue weighted by Crippen LogP contribution is 2.30. The highest BCUT2D eigenvalue weighted by atomic mass is 16.5. The molecule has 0 aromatic heterocycles. The molecule has 0 aliphatic heterocycles. The highest BCUT2D eigenvalue weighted by molar-refractivity contribution is 5.77. The van der Waals surface area contributed by atoms with E-state index in [0.717, 1.165) is 28.2 Å². The molecule has 0 atom stereocenters. The van der Waals surface area contributed by atoms with Crippen LogP contribution in [0.5, 0.6) is 11.5 Å². The van der Waals surface area contributed by atoms with Crippen LogP contribution in [0.25, 0.3) is 0 Å². The number of carbonyl (C=O) groups excluding carboxylic acids is 1. The maximum atomic E-state index is 11.3. The third-order valence-electron chi connectivity index (χ3n) is 3.75. The normalized spacial score (nSPS) is 10.0. The van der Waals surface area contributed by atoms with E-state index in [2.05, 4.69) is 31.3 Å². The number of rotatable bonds is 5. The highest BCUT2D eigenvalue weighted by Gasteiger charge is 2.08. The van der Waals surface area contributed by atoms with Gasteiger partial charge in [-0.15, -0.1) is 0 Å². The summed E-state index contributed by atoms with van der Waals surface area (Å²) in [5.41, 5.74) is 4.39. The van der Waals surface area contributed by atoms with E-state index in [1.54, 1.807) is 0 Å². The van der Waals surface area contributed by atoms with Crippen LogP contribution in [0.1, 0.15) is 28.7 Å². The number of benzene rings is 2. The van der Waals surface area contributed by atoms with Crippen molar-refractivity contribution in [2.75, 3.05) is 0 Å². The number of hydrogen-bond donors (Lipinski definition) is 1. The van der Waals surface area contributed by atoms with Crippen molar-refractivity contribution >= 4 is 5.91 Å². The second kappa shape index (κ2) is 7.46. The average molecular weight is 308 g/mol. The van der Waals surface area contributed by atoms with E-state index in [9.17, 15) is 4.79 Å². The summed E-state index contributed by atoms with van der Waals surface area (Å²) in [7, 11) is 0. The van der Waals surface area contributed by atoms with E-state index in [1.165, 1.54) is 5.56 Å². The first-order chi connectivity index (χ1) is 11.0. The van der Waals surface area contributed by atoms with Crippen molar-refractivity contribution in [3.05, 3.63) is 58.7 Å². The number of carbonyl (C=O) groups is 1. The lowest BCUT2D eigenvalue weighted by atomic mass is 10.1. The van der Waals surface area contributed by atoms with E-state index in [-0.39, 0.29) is 12.3 Å². The molecule has 0 saturated heterocycles. The van der Waals surface area contributed by atoms with E-state index < -0.39 is 0 Å². The maximum Gasteiger partial charge on any atom is 0.234 e. The minimum absolute atomic E-state index is 0.118. The smallest absolute Gasteiger partial charge is 0.234 e. The van der Waals surface area contributed by atoms with Gasteiger partial charge in [0.05, 0.1) is 6.07 Å². The maximum absolute atomic E-state index is 11.3. The first-order valence-corrected chi connectivity index (χ1v) is 7.48. The molecule has 2 rings (SSSR count). The Balaban J connectivity index is 2.05. The third kappa shape index (κ3) is 4.33. The summed E-state index contributed by atoms with van der Waals surface area (Å²) >= 11 is 0. The molecule has 0 bridgehead atoms. The van der Waals surface area contributed by atoms with E-state index in [4.69, 9.17) is 10.00 Å². The van der Waals surface area contributed by atoms with Crippen LogP contribution < -0.4 is 10.1 Å². The summed E-state index contributed by atoms with van der Waals surface area (Å²) in [5, 5.41) is 11.1. The summed E-state index contributed by atoms with van der Waals surface area (Å²) < 4.78 is 6.01. The number of amides is 1. The van der Waals surface area contributed by atoms with Crippen molar-refractivity contribution in [2.45, 2.75) is 33.7 Å². The molecule has 0 aliphatic carbocycles. The van der Waals surface area contributed by atoms with Crippen molar-refractivity contribution < 1.29 is 9.53 Å². The molecular weight excluding hydrogens is 288 g/mol. The van der Waals surface area contributed by atoms with Crippen LogP contribution in [-0.2, 0) is 11.3 Å². The fraction of sp³-hybridized carbons (Fsp3) is 0.263. The largest absolute Gasteiger partial charge is 0.457 e. The summed E-state index contributed by atoms with van der Waals surface area (Å²) in [6.45, 7) is 6.55. The quantitative estimate of drug-likeness (QED) is 0.910. The molecule has 2 aromatic carbocycles. The Kier molecular flexibility index (Phi) is 5.37. The van der Waals surface area contributed by atoms with E-state index >= 15 is 0 Å². The van der Waals surface area contributed by atoms with Gasteiger partial charge in [-0.05, 0) is 55.2 Å². The number of hydrogen-bond acceptors (Lipinski definition) is 3. The minimum Gasteiger partial charge on any atom is -0.457 e. The first-order valence-electron chi connectivity index (χ1n) is 7.48. The summed E-state index contributed by atoms with van der Waals surface area (Å²) in [4.78, 5) is 11.3. The fourth-order valence-corrected chi connectivity index (χ4v) is 2.21. The van der Waals surface area contributed by atoms with E-state index in [0.29, 0.717) is 6.54 Å². The number of nitrogens with zero attached hydrogens (tertiary/aromatic N) is 1. The molecule has 23 heavy (non-hydrogen) atoms. The van der Waals surface area contributed by atoms with Gasteiger partial charge in [-0.3, -0.25) is 4.79 Å². The SMILES string of the molecule is Cc1ccc(C)c(Oc2ccc(CNC(=O)CC#N)cc2)c1C. The number of ether oxygens (including phenoxy) is 1. The Morgan fingerprint density at radius 2 is 1.74 bits per heavy atom. The monoisotopic (exact) mass is 308 g/mol. The van der Waals surface area contributed by atoms with Crippen molar-refractivity contribution in [1.82, 2.24) is 5.32 Å². The molecule has 1 amide bonds. The van der Waals surface area contributed by atoms with Gasteiger partial charge >= 0.3 is 0 Å². The van der Waals surface area contributed by atoms with Gasteiger partial charge in [0.15, 0.2) is 0 Å². The molecule has 0 spiro atoms. The zero-order valence-corrected chi connectivity index (χ0v) is 13.6. The Morgan fingerprint density at radius 1 is 1.09 bits per heavy atom. The molecule has 0 heterocycles. The van der Waals surface area contributed by atoms with Gasteiger partial charge in [0.1, 0.15) is 17.9 Å². The van der Waals surface area contributed by atoms with Crippen LogP contribution >= 0.6 is 0 Å². The second-order valence-electron chi connectivity index (χ2n) is 5.51. The molecule has 1 N–H and O–H groups in total. The zero-order chi connectivity index (χ0) is 16.8. The lowest BCUT2D eigenvalue weighted by Crippen LogP contribution is -2.21. The standard InChI is InChI=1S/C19H20N2O2/c1-13-4-5-14(2)19(15(13)3)23-17-8-6-16(7-9-17)12-21-18(22)10-11-20/h4-9H,10,12H2,1-3H3,(H,21,22). The van der Waals surface area contributed by atoms with Crippen LogP contribution in [0, 0.1) is 32.1 Å². The van der Waals surface area contributed by atoms with Gasteiger partial charge in [-0.1, -0.05) is 24.3 Å². The Morgan fingerprint density at radius 3 is 2.39 bits per heavy atom. The predicted molar refractivity (Wildman–Crippen MR) is 89.2 cm³/mol. The van der Waals surface area contributed by atoms with E-state index in [1.807, 2.05) is 37.3 Å². The predicted octanol–water partition coefficient (Wildman–Crippen LogP) is 3.93. The van der Waals surface area contributed by atoms with Gasteiger partial charge in [0.25, 0.3) is 0 Å². The van der Waals surface area contributed by atoms with Gasteiger partial charge < -0.3 is 10.1 Å². The minimum atomic E-state index is -0.265. The summed E-state index contributed by atoms with van der Waals surface area (Å²) in [5.74, 6) is 1.38. The number of nitrogens with one attached hydrogen (secondary N) is 1. The Bertz CT molecular complexity index is 743. The lowest BCUT2D eigenvalue weighted by Gasteiger charge is -2.14. The topological polar surface area (TPSA) is 62.1 Å². The van der Waals surface area contributed by atoms with Crippen LogP contribution in [0.2, 0.25) is 0 Å². The fourth-order valence-electron chi connectivity index (χ4n) is 2.21. The second-order valence-corrected chi connectivity index (χ2v) is 5.51. The van der Waals surface area contributed by atoms with Crippen molar-refractivity contribution in [1.29, 1.82) is 5.26 Å². The third-order valence-corrected chi connectivity index (χ3v) is 3.75. The molecule has 4 heteroatoms. The molecular formula is C19H20N2O2. The Hall–Kier alpha value is -2.80. The summed E-state index contributed by atoms with van der Waals surface area (Å²) in [6, 6.07) is 13.5. The van der Waals surface area contributed by atoms with Crippen LogP contribution in [-0.4, -0.2) is 5.91 Å². The van der Waals surface area contributed by atoms with Crippen molar-refractivity contribution in [2.24, 2.45) is 0 Å². The lowest BCUT2D eigenvalue weighted by molar-refractivity contribution is -0.120.